The number of carbonyl (C=O) groups excluding carboxylic acids is 2. The molecule has 4 rings (SSSR count). The molecule has 162 valence electrons. The number of benzene rings is 1. The van der Waals surface area contributed by atoms with Crippen molar-refractivity contribution in [1.82, 2.24) is 9.88 Å². The number of aromatic nitrogens is 1. The van der Waals surface area contributed by atoms with Crippen molar-refractivity contribution in [1.29, 1.82) is 0 Å². The van der Waals surface area contributed by atoms with Crippen molar-refractivity contribution >= 4 is 33.4 Å². The van der Waals surface area contributed by atoms with Crippen molar-refractivity contribution < 1.29 is 19.1 Å². The summed E-state index contributed by atoms with van der Waals surface area (Å²) in [6, 6.07) is 7.65. The third-order valence-corrected chi connectivity index (χ3v) is 7.73. The molecule has 2 atom stereocenters. The maximum absolute atomic E-state index is 13.4. The Morgan fingerprint density at radius 1 is 1.20 bits per heavy atom. The van der Waals surface area contributed by atoms with E-state index in [9.17, 15) is 9.59 Å². The van der Waals surface area contributed by atoms with Crippen LogP contribution < -0.4 is 0 Å². The molecule has 2 heterocycles. The number of likely N-dealkylation sites (tertiary alicyclic amines) is 1. The highest BCUT2D eigenvalue weighted by Crippen LogP contribution is 2.44. The van der Waals surface area contributed by atoms with Crippen LogP contribution in [0.15, 0.2) is 24.3 Å². The van der Waals surface area contributed by atoms with Crippen LogP contribution in [0.25, 0.3) is 10.2 Å². The van der Waals surface area contributed by atoms with Crippen LogP contribution in [0.4, 0.5) is 0 Å². The van der Waals surface area contributed by atoms with Gasteiger partial charge in [0.25, 0.3) is 0 Å². The van der Waals surface area contributed by atoms with E-state index < -0.39 is 6.04 Å². The minimum Gasteiger partial charge on any atom is -0.467 e. The van der Waals surface area contributed by atoms with Gasteiger partial charge in [0.05, 0.1) is 28.4 Å². The number of carbonyl (C=O) groups is 2. The average Bonchev–Trinajstić information content (AvgIpc) is 3.37. The van der Waals surface area contributed by atoms with Crippen molar-refractivity contribution in [3.63, 3.8) is 0 Å². The highest BCUT2D eigenvalue weighted by Gasteiger charge is 2.43. The van der Waals surface area contributed by atoms with Gasteiger partial charge in [-0.2, -0.15) is 0 Å². The lowest BCUT2D eigenvalue weighted by molar-refractivity contribution is -0.152. The van der Waals surface area contributed by atoms with Crippen molar-refractivity contribution in [2.24, 2.45) is 5.41 Å². The first-order valence-electron chi connectivity index (χ1n) is 10.8. The summed E-state index contributed by atoms with van der Waals surface area (Å²) in [5.74, 6) is -0.320. The van der Waals surface area contributed by atoms with Gasteiger partial charge in [0, 0.05) is 32.9 Å². The molecule has 1 saturated carbocycles. The summed E-state index contributed by atoms with van der Waals surface area (Å²) in [6.07, 6.45) is 7.20. The predicted molar refractivity (Wildman–Crippen MR) is 116 cm³/mol. The first kappa shape index (κ1) is 21.2. The van der Waals surface area contributed by atoms with Crippen LogP contribution in [0, 0.1) is 5.41 Å². The molecule has 2 aromatic rings. The Hall–Kier alpha value is -1.99. The molecular formula is C23H30N2O4S. The van der Waals surface area contributed by atoms with Gasteiger partial charge in [-0.25, -0.2) is 9.78 Å². The minimum absolute atomic E-state index is 0.0351. The Morgan fingerprint density at radius 2 is 1.97 bits per heavy atom. The molecule has 0 unspecified atom stereocenters. The van der Waals surface area contributed by atoms with E-state index in [4.69, 9.17) is 14.5 Å². The first-order valence-corrected chi connectivity index (χ1v) is 11.6. The number of ether oxygens (including phenoxy) is 2. The van der Waals surface area contributed by atoms with E-state index in [0.29, 0.717) is 19.4 Å². The Bertz CT molecular complexity index is 872. The SMILES string of the molecule is COC(=O)[C@H]1C[C@H](OC)CN1C(=O)CC1(Cc2nc3ccccc3s2)CCCCC1. The smallest absolute Gasteiger partial charge is 0.328 e. The number of fused-ring (bicyclic) bond motifs is 1. The van der Waals surface area contributed by atoms with Gasteiger partial charge < -0.3 is 14.4 Å². The fourth-order valence-corrected chi connectivity index (χ4v) is 6.20. The van der Waals surface area contributed by atoms with Gasteiger partial charge in [-0.1, -0.05) is 31.4 Å². The highest BCUT2D eigenvalue weighted by molar-refractivity contribution is 7.18. The topological polar surface area (TPSA) is 68.7 Å². The maximum Gasteiger partial charge on any atom is 0.328 e. The number of methoxy groups -OCH3 is 2. The van der Waals surface area contributed by atoms with Crippen LogP contribution in [-0.4, -0.2) is 54.7 Å². The van der Waals surface area contributed by atoms with Gasteiger partial charge in [0.1, 0.15) is 6.04 Å². The number of para-hydroxylation sites is 1. The van der Waals surface area contributed by atoms with Gasteiger partial charge in [0.2, 0.25) is 5.91 Å². The molecule has 0 bridgehead atoms. The lowest BCUT2D eigenvalue weighted by Crippen LogP contribution is -2.44. The molecule has 1 amide bonds. The molecule has 1 saturated heterocycles. The lowest BCUT2D eigenvalue weighted by atomic mass is 9.69. The van der Waals surface area contributed by atoms with Crippen LogP contribution in [0.5, 0.6) is 0 Å². The summed E-state index contributed by atoms with van der Waals surface area (Å²) in [6.45, 7) is 0.451. The number of hydrogen-bond acceptors (Lipinski definition) is 6. The second-order valence-corrected chi connectivity index (χ2v) is 9.78. The summed E-state index contributed by atoms with van der Waals surface area (Å²) < 4.78 is 11.6. The molecule has 6 nitrogen and oxygen atoms in total. The van der Waals surface area contributed by atoms with Crippen LogP contribution in [0.1, 0.15) is 50.0 Å². The van der Waals surface area contributed by atoms with E-state index in [1.54, 1.807) is 23.3 Å². The van der Waals surface area contributed by atoms with E-state index in [1.807, 2.05) is 18.2 Å². The van der Waals surface area contributed by atoms with Gasteiger partial charge in [-0.3, -0.25) is 4.79 Å². The lowest BCUT2D eigenvalue weighted by Gasteiger charge is -2.38. The van der Waals surface area contributed by atoms with Crippen LogP contribution in [0.2, 0.25) is 0 Å². The number of nitrogens with zero attached hydrogens (tertiary/aromatic N) is 2. The monoisotopic (exact) mass is 430 g/mol. The number of esters is 1. The molecule has 1 aliphatic carbocycles. The standard InChI is InChI=1S/C23H30N2O4S/c1-28-16-12-18(22(27)29-2)25(15-16)21(26)14-23(10-6-3-7-11-23)13-20-24-17-8-4-5-9-19(17)30-20/h4-5,8-9,16,18H,3,6-7,10-15H2,1-2H3/t16-,18+/m0/s1. The van der Waals surface area contributed by atoms with E-state index in [1.165, 1.54) is 18.2 Å². The third kappa shape index (κ3) is 4.37. The second-order valence-electron chi connectivity index (χ2n) is 8.67. The second kappa shape index (κ2) is 9.02. The zero-order valence-electron chi connectivity index (χ0n) is 17.8. The van der Waals surface area contributed by atoms with Crippen molar-refractivity contribution in [3.05, 3.63) is 29.3 Å². The van der Waals surface area contributed by atoms with Crippen LogP contribution in [-0.2, 0) is 25.5 Å². The Labute approximate surface area is 181 Å². The molecule has 1 aliphatic heterocycles. The summed E-state index contributed by atoms with van der Waals surface area (Å²) in [5.41, 5.74) is 0.942. The van der Waals surface area contributed by atoms with E-state index in [-0.39, 0.29) is 23.4 Å². The third-order valence-electron chi connectivity index (χ3n) is 6.69. The summed E-state index contributed by atoms with van der Waals surface area (Å²) >= 11 is 1.73. The Balaban J connectivity index is 1.54. The van der Waals surface area contributed by atoms with Crippen LogP contribution in [0.3, 0.4) is 0 Å². The molecular weight excluding hydrogens is 400 g/mol. The van der Waals surface area contributed by atoms with Crippen molar-refractivity contribution in [2.45, 2.75) is 63.5 Å². The fraction of sp³-hybridized carbons (Fsp3) is 0.609. The van der Waals surface area contributed by atoms with Gasteiger partial charge in [-0.05, 0) is 30.4 Å². The molecule has 7 heteroatoms. The number of amides is 1. The van der Waals surface area contributed by atoms with E-state index in [0.717, 1.165) is 42.6 Å². The summed E-state index contributed by atoms with van der Waals surface area (Å²) in [4.78, 5) is 32.2. The number of hydrogen-bond donors (Lipinski definition) is 0. The van der Waals surface area contributed by atoms with Crippen molar-refractivity contribution in [2.75, 3.05) is 20.8 Å². The largest absolute Gasteiger partial charge is 0.467 e. The molecule has 0 spiro atoms. The van der Waals surface area contributed by atoms with Gasteiger partial charge >= 0.3 is 5.97 Å². The first-order chi connectivity index (χ1) is 14.5. The Kier molecular flexibility index (Phi) is 6.39. The van der Waals surface area contributed by atoms with E-state index >= 15 is 0 Å². The fourth-order valence-electron chi connectivity index (χ4n) is 5.06. The number of rotatable bonds is 6. The molecule has 2 aliphatic rings. The molecule has 2 fully saturated rings. The summed E-state index contributed by atoms with van der Waals surface area (Å²) in [7, 11) is 3.00. The van der Waals surface area contributed by atoms with Crippen LogP contribution >= 0.6 is 11.3 Å². The molecule has 1 aromatic carbocycles. The molecule has 0 N–H and O–H groups in total. The normalized spacial score (nSPS) is 23.6. The van der Waals surface area contributed by atoms with Crippen molar-refractivity contribution in [3.8, 4) is 0 Å². The van der Waals surface area contributed by atoms with E-state index in [2.05, 4.69) is 6.07 Å². The Morgan fingerprint density at radius 3 is 2.67 bits per heavy atom. The zero-order chi connectivity index (χ0) is 21.1. The molecule has 0 radical (unpaired) electrons. The maximum atomic E-state index is 13.4. The quantitative estimate of drug-likeness (QED) is 0.649. The molecule has 1 aromatic heterocycles. The predicted octanol–water partition coefficient (Wildman–Crippen LogP) is 3.97. The number of thiazole rings is 1. The van der Waals surface area contributed by atoms with Gasteiger partial charge in [0.15, 0.2) is 0 Å². The van der Waals surface area contributed by atoms with Gasteiger partial charge in [-0.15, -0.1) is 11.3 Å². The average molecular weight is 431 g/mol. The summed E-state index contributed by atoms with van der Waals surface area (Å²) in [5, 5.41) is 1.10. The molecule has 30 heavy (non-hydrogen) atoms. The zero-order valence-corrected chi connectivity index (χ0v) is 18.6. The highest BCUT2D eigenvalue weighted by atomic mass is 32.1. The minimum atomic E-state index is -0.546.